The zero-order chi connectivity index (χ0) is 11.4. The Kier molecular flexibility index (Phi) is 4.40. The number of ether oxygens (including phenoxy) is 1. The third kappa shape index (κ3) is 3.38. The standard InChI is InChI=1S/C13H17BrO/c1-5-10(4)12-8-11(14)6-7-13(12)15-9(2)3/h5-10H,1H2,2-4H3. The van der Waals surface area contributed by atoms with Crippen LogP contribution in [0.5, 0.6) is 5.75 Å². The van der Waals surface area contributed by atoms with Crippen molar-refractivity contribution in [3.05, 3.63) is 40.9 Å². The lowest BCUT2D eigenvalue weighted by Gasteiger charge is -2.17. The van der Waals surface area contributed by atoms with E-state index in [0.717, 1.165) is 10.2 Å². The van der Waals surface area contributed by atoms with Crippen molar-refractivity contribution in [2.24, 2.45) is 0 Å². The summed E-state index contributed by atoms with van der Waals surface area (Å²) in [6.07, 6.45) is 2.12. The number of rotatable bonds is 4. The minimum atomic E-state index is 0.196. The fourth-order valence-corrected chi connectivity index (χ4v) is 1.74. The summed E-state index contributed by atoms with van der Waals surface area (Å²) in [6.45, 7) is 9.99. The Morgan fingerprint density at radius 2 is 2.00 bits per heavy atom. The number of benzene rings is 1. The van der Waals surface area contributed by atoms with Gasteiger partial charge in [-0.3, -0.25) is 0 Å². The maximum atomic E-state index is 5.75. The highest BCUT2D eigenvalue weighted by Gasteiger charge is 2.10. The molecule has 0 aliphatic heterocycles. The quantitative estimate of drug-likeness (QED) is 0.730. The molecule has 1 aromatic rings. The molecule has 1 atom stereocenters. The predicted octanol–water partition coefficient (Wildman–Crippen LogP) is 4.53. The first-order chi connectivity index (χ1) is 7.04. The fourth-order valence-electron chi connectivity index (χ4n) is 1.36. The van der Waals surface area contributed by atoms with Gasteiger partial charge in [-0.05, 0) is 32.0 Å². The molecule has 0 amide bonds. The number of allylic oxidation sites excluding steroid dienone is 1. The van der Waals surface area contributed by atoms with Gasteiger partial charge < -0.3 is 4.74 Å². The van der Waals surface area contributed by atoms with Gasteiger partial charge in [0.25, 0.3) is 0 Å². The highest BCUT2D eigenvalue weighted by atomic mass is 79.9. The summed E-state index contributed by atoms with van der Waals surface area (Å²) in [5.41, 5.74) is 1.17. The van der Waals surface area contributed by atoms with Crippen molar-refractivity contribution in [3.8, 4) is 5.75 Å². The molecule has 0 radical (unpaired) electrons. The molecule has 0 aliphatic carbocycles. The van der Waals surface area contributed by atoms with Crippen LogP contribution in [0.2, 0.25) is 0 Å². The van der Waals surface area contributed by atoms with E-state index in [1.165, 1.54) is 5.56 Å². The van der Waals surface area contributed by atoms with Crippen LogP contribution in [0.3, 0.4) is 0 Å². The number of hydrogen-bond donors (Lipinski definition) is 0. The third-order valence-electron chi connectivity index (χ3n) is 2.18. The lowest BCUT2D eigenvalue weighted by Crippen LogP contribution is -2.08. The van der Waals surface area contributed by atoms with Crippen LogP contribution in [0.25, 0.3) is 0 Å². The summed E-state index contributed by atoms with van der Waals surface area (Å²) in [4.78, 5) is 0. The normalized spacial score (nSPS) is 12.6. The van der Waals surface area contributed by atoms with Crippen LogP contribution < -0.4 is 4.74 Å². The molecule has 1 aromatic carbocycles. The monoisotopic (exact) mass is 268 g/mol. The average Bonchev–Trinajstić information content (AvgIpc) is 2.19. The van der Waals surface area contributed by atoms with Crippen LogP contribution in [-0.2, 0) is 0 Å². The van der Waals surface area contributed by atoms with Crippen LogP contribution in [0.4, 0.5) is 0 Å². The van der Waals surface area contributed by atoms with Gasteiger partial charge in [-0.2, -0.15) is 0 Å². The van der Waals surface area contributed by atoms with Crippen molar-refractivity contribution in [1.82, 2.24) is 0 Å². The van der Waals surface area contributed by atoms with Crippen LogP contribution in [0, 0.1) is 0 Å². The van der Waals surface area contributed by atoms with Crippen molar-refractivity contribution >= 4 is 15.9 Å². The van der Waals surface area contributed by atoms with E-state index >= 15 is 0 Å². The molecular weight excluding hydrogens is 252 g/mol. The lowest BCUT2D eigenvalue weighted by atomic mass is 10.0. The molecule has 0 heterocycles. The first-order valence-corrected chi connectivity index (χ1v) is 5.92. The molecule has 0 N–H and O–H groups in total. The average molecular weight is 269 g/mol. The van der Waals surface area contributed by atoms with Crippen molar-refractivity contribution in [2.75, 3.05) is 0 Å². The molecule has 0 spiro atoms. The highest BCUT2D eigenvalue weighted by Crippen LogP contribution is 2.30. The third-order valence-corrected chi connectivity index (χ3v) is 2.67. The van der Waals surface area contributed by atoms with Crippen LogP contribution >= 0.6 is 15.9 Å². The Morgan fingerprint density at radius 1 is 1.33 bits per heavy atom. The van der Waals surface area contributed by atoms with E-state index < -0.39 is 0 Å². The zero-order valence-corrected chi connectivity index (χ0v) is 11.0. The van der Waals surface area contributed by atoms with Crippen LogP contribution in [-0.4, -0.2) is 6.10 Å². The van der Waals surface area contributed by atoms with Crippen molar-refractivity contribution in [2.45, 2.75) is 32.8 Å². The van der Waals surface area contributed by atoms with E-state index in [1.54, 1.807) is 0 Å². The summed E-state index contributed by atoms with van der Waals surface area (Å²) in [5, 5.41) is 0. The second-order valence-corrected chi connectivity index (χ2v) is 4.79. The molecule has 0 bridgehead atoms. The van der Waals surface area contributed by atoms with Crippen molar-refractivity contribution < 1.29 is 4.74 Å². The van der Waals surface area contributed by atoms with Gasteiger partial charge in [0.05, 0.1) is 6.10 Å². The second-order valence-electron chi connectivity index (χ2n) is 3.87. The molecule has 0 fully saturated rings. The topological polar surface area (TPSA) is 9.23 Å². The van der Waals surface area contributed by atoms with Gasteiger partial charge in [0, 0.05) is 16.0 Å². The van der Waals surface area contributed by atoms with E-state index in [4.69, 9.17) is 4.74 Å². The van der Waals surface area contributed by atoms with E-state index in [1.807, 2.05) is 32.1 Å². The van der Waals surface area contributed by atoms with E-state index in [2.05, 4.69) is 35.5 Å². The van der Waals surface area contributed by atoms with Crippen molar-refractivity contribution in [1.29, 1.82) is 0 Å². The molecule has 1 rings (SSSR count). The van der Waals surface area contributed by atoms with Gasteiger partial charge in [-0.15, -0.1) is 6.58 Å². The van der Waals surface area contributed by atoms with E-state index in [0.29, 0.717) is 5.92 Å². The van der Waals surface area contributed by atoms with Crippen molar-refractivity contribution in [3.63, 3.8) is 0 Å². The van der Waals surface area contributed by atoms with Crippen LogP contribution in [0.15, 0.2) is 35.3 Å². The molecule has 2 heteroatoms. The Morgan fingerprint density at radius 3 is 2.53 bits per heavy atom. The summed E-state index contributed by atoms with van der Waals surface area (Å²) >= 11 is 3.47. The molecular formula is C13H17BrO. The maximum Gasteiger partial charge on any atom is 0.123 e. The first-order valence-electron chi connectivity index (χ1n) is 5.13. The molecule has 0 aromatic heterocycles. The van der Waals surface area contributed by atoms with Gasteiger partial charge in [-0.25, -0.2) is 0 Å². The molecule has 0 saturated heterocycles. The first kappa shape index (κ1) is 12.3. The Bertz CT molecular complexity index is 344. The SMILES string of the molecule is C=CC(C)c1cc(Br)ccc1OC(C)C. The van der Waals surface area contributed by atoms with Gasteiger partial charge in [0.1, 0.15) is 5.75 Å². The smallest absolute Gasteiger partial charge is 0.123 e. The summed E-state index contributed by atoms with van der Waals surface area (Å²) in [6, 6.07) is 6.08. The molecule has 1 unspecified atom stereocenters. The molecule has 82 valence electrons. The summed E-state index contributed by atoms with van der Waals surface area (Å²) in [5.74, 6) is 1.25. The molecule has 0 saturated carbocycles. The van der Waals surface area contributed by atoms with Crippen LogP contribution in [0.1, 0.15) is 32.3 Å². The van der Waals surface area contributed by atoms with Gasteiger partial charge in [-0.1, -0.05) is 28.9 Å². The Hall–Kier alpha value is -0.760. The highest BCUT2D eigenvalue weighted by molar-refractivity contribution is 9.10. The predicted molar refractivity (Wildman–Crippen MR) is 68.5 cm³/mol. The van der Waals surface area contributed by atoms with Gasteiger partial charge in [0.15, 0.2) is 0 Å². The maximum absolute atomic E-state index is 5.75. The Balaban J connectivity index is 3.08. The van der Waals surface area contributed by atoms with Gasteiger partial charge in [0.2, 0.25) is 0 Å². The van der Waals surface area contributed by atoms with E-state index in [-0.39, 0.29) is 6.10 Å². The molecule has 1 nitrogen and oxygen atoms in total. The number of halogens is 1. The van der Waals surface area contributed by atoms with E-state index in [9.17, 15) is 0 Å². The number of hydrogen-bond acceptors (Lipinski definition) is 1. The Labute approximate surface area is 100 Å². The molecule has 15 heavy (non-hydrogen) atoms. The summed E-state index contributed by atoms with van der Waals surface area (Å²) < 4.78 is 6.83. The second kappa shape index (κ2) is 5.36. The largest absolute Gasteiger partial charge is 0.491 e. The lowest BCUT2D eigenvalue weighted by molar-refractivity contribution is 0.239. The molecule has 0 aliphatic rings. The fraction of sp³-hybridized carbons (Fsp3) is 0.385. The van der Waals surface area contributed by atoms with Gasteiger partial charge >= 0.3 is 0 Å². The minimum Gasteiger partial charge on any atom is -0.491 e. The summed E-state index contributed by atoms with van der Waals surface area (Å²) in [7, 11) is 0. The zero-order valence-electron chi connectivity index (χ0n) is 9.46. The minimum absolute atomic E-state index is 0.196.